The molecule has 0 aromatic heterocycles. The monoisotopic (exact) mass is 260 g/mol. The van der Waals surface area contributed by atoms with Gasteiger partial charge in [-0.15, -0.1) is 0 Å². The maximum absolute atomic E-state index is 10.7. The first-order valence-corrected chi connectivity index (χ1v) is 5.01. The summed E-state index contributed by atoms with van der Waals surface area (Å²) in [7, 11) is -4.19. The van der Waals surface area contributed by atoms with Crippen molar-refractivity contribution in [2.45, 2.75) is 19.8 Å². The average molecular weight is 260 g/mol. The van der Waals surface area contributed by atoms with Crippen LogP contribution in [0.3, 0.4) is 0 Å². The summed E-state index contributed by atoms with van der Waals surface area (Å²) in [4.78, 5) is 10.2. The number of carbonyl (C=O) groups is 1. The van der Waals surface area contributed by atoms with Gasteiger partial charge in [-0.05, 0) is 12.8 Å². The average Bonchev–Trinajstić information content (AvgIpc) is 1.95. The van der Waals surface area contributed by atoms with Gasteiger partial charge in [-0.25, -0.2) is 4.18 Å². The molecule has 0 atom stereocenters. The summed E-state index contributed by atoms with van der Waals surface area (Å²) in [6.45, 7) is 0.835. The summed E-state index contributed by atoms with van der Waals surface area (Å²) in [5.41, 5.74) is 0. The zero-order chi connectivity index (χ0) is 10.3. The summed E-state index contributed by atoms with van der Waals surface area (Å²) in [5, 5.41) is 8.35. The molecule has 0 rings (SSSR count). The predicted octanol–water partition coefficient (Wildman–Crippen LogP) is -6.18. The Morgan fingerprint density at radius 1 is 1.33 bits per heavy atom. The topological polar surface area (TPSA) is 89.9 Å². The van der Waals surface area contributed by atoms with Crippen molar-refractivity contribution in [3.8, 4) is 0 Å². The van der Waals surface area contributed by atoms with Crippen LogP contribution in [-0.4, -0.2) is 32.7 Å². The molecule has 0 aromatic carbocycles. The van der Waals surface area contributed by atoms with Crippen molar-refractivity contribution in [1.82, 2.24) is 0 Å². The Morgan fingerprint density at radius 3 is 2.27 bits per heavy atom. The first-order chi connectivity index (χ1) is 5.98. The Bertz CT molecular complexity index is 261. The second kappa shape index (κ2) is 11.8. The van der Waals surface area contributed by atoms with Crippen molar-refractivity contribution in [2.24, 2.45) is 0 Å². The Kier molecular flexibility index (Phi) is 17.0. The van der Waals surface area contributed by atoms with E-state index in [1.807, 2.05) is 0 Å². The Morgan fingerprint density at radius 2 is 1.87 bits per heavy atom. The van der Waals surface area contributed by atoms with Gasteiger partial charge in [0.1, 0.15) is 0 Å². The first kappa shape index (κ1) is 21.6. The van der Waals surface area contributed by atoms with Gasteiger partial charge in [-0.1, -0.05) is 0 Å². The summed E-state index contributed by atoms with van der Waals surface area (Å²) < 4.78 is 29.5. The van der Waals surface area contributed by atoms with Crippen LogP contribution in [0.4, 0.5) is 0 Å². The van der Waals surface area contributed by atoms with Crippen LogP contribution in [0, 0.1) is 0 Å². The smallest absolute Gasteiger partial charge is 1.00 e. The molecule has 9 heteroatoms. The Balaban J connectivity index is -0.000000120. The second-order valence-electron chi connectivity index (χ2n) is 2.24. The van der Waals surface area contributed by atoms with Crippen LogP contribution in [-0.2, 0) is 23.6 Å². The molecule has 0 amide bonds. The molecule has 0 aliphatic heterocycles. The van der Waals surface area contributed by atoms with E-state index in [-0.39, 0.29) is 75.2 Å². The molecule has 0 fully saturated rings. The molecular formula is C6H14Na2O6S. The standard InChI is InChI=1S/C6H12O6S.2Na.2H/c1-6(8)12-13(9,10)11-5-3-2-4-7;;;;/h7H,2-5H2,1H3;;;;/q;2*+1;2*-1. The quantitative estimate of drug-likeness (QED) is 0.377. The Hall–Kier alpha value is 1.34. The van der Waals surface area contributed by atoms with Crippen LogP contribution in [0.1, 0.15) is 22.6 Å². The number of hydrogen-bond donors (Lipinski definition) is 1. The fourth-order valence-electron chi connectivity index (χ4n) is 0.543. The van der Waals surface area contributed by atoms with E-state index in [0.29, 0.717) is 12.8 Å². The molecular weight excluding hydrogens is 246 g/mol. The van der Waals surface area contributed by atoms with Crippen LogP contribution < -0.4 is 59.1 Å². The third-order valence-electron chi connectivity index (χ3n) is 1.000. The molecule has 0 spiro atoms. The molecule has 0 radical (unpaired) electrons. The van der Waals surface area contributed by atoms with Gasteiger partial charge < -0.3 is 12.1 Å². The summed E-state index contributed by atoms with van der Waals surface area (Å²) in [6.07, 6.45) is 0.826. The normalized spacial score (nSPS) is 9.73. The maximum atomic E-state index is 10.7. The van der Waals surface area contributed by atoms with Gasteiger partial charge >= 0.3 is 75.5 Å². The third-order valence-corrected chi connectivity index (χ3v) is 1.89. The van der Waals surface area contributed by atoms with E-state index in [2.05, 4.69) is 8.37 Å². The van der Waals surface area contributed by atoms with Gasteiger partial charge in [0.2, 0.25) is 0 Å². The first-order valence-electron chi connectivity index (χ1n) is 3.68. The van der Waals surface area contributed by atoms with Gasteiger partial charge in [0.15, 0.2) is 0 Å². The number of aliphatic hydroxyl groups excluding tert-OH is 1. The Labute approximate surface area is 137 Å². The molecule has 0 aliphatic rings. The number of aliphatic hydroxyl groups is 1. The number of hydrogen-bond acceptors (Lipinski definition) is 6. The van der Waals surface area contributed by atoms with Crippen molar-refractivity contribution >= 4 is 16.4 Å². The molecule has 82 valence electrons. The maximum Gasteiger partial charge on any atom is 1.00 e. The molecule has 0 aliphatic carbocycles. The number of rotatable bonds is 6. The van der Waals surface area contributed by atoms with E-state index >= 15 is 0 Å². The van der Waals surface area contributed by atoms with Crippen LogP contribution >= 0.6 is 0 Å². The minimum absolute atomic E-state index is 0. The van der Waals surface area contributed by atoms with Crippen LogP contribution in [0.2, 0.25) is 0 Å². The summed E-state index contributed by atoms with van der Waals surface area (Å²) in [6, 6.07) is 0. The van der Waals surface area contributed by atoms with Gasteiger partial charge in [-0.2, -0.15) is 8.42 Å². The van der Waals surface area contributed by atoms with E-state index in [1.165, 1.54) is 0 Å². The fourth-order valence-corrected chi connectivity index (χ4v) is 1.20. The van der Waals surface area contributed by atoms with Crippen molar-refractivity contribution < 1.29 is 88.7 Å². The van der Waals surface area contributed by atoms with E-state index in [1.54, 1.807) is 0 Å². The van der Waals surface area contributed by atoms with Crippen molar-refractivity contribution in [3.63, 3.8) is 0 Å². The molecule has 0 heterocycles. The van der Waals surface area contributed by atoms with Gasteiger partial charge in [-0.3, -0.25) is 4.79 Å². The fraction of sp³-hybridized carbons (Fsp3) is 0.833. The SMILES string of the molecule is CC(=O)OS(=O)(=O)OCCCCO.[H-].[H-].[Na+].[Na+]. The van der Waals surface area contributed by atoms with Crippen molar-refractivity contribution in [2.75, 3.05) is 13.2 Å². The number of carbonyl (C=O) groups excluding carboxylic acids is 1. The summed E-state index contributed by atoms with van der Waals surface area (Å²) in [5.74, 6) is -0.942. The van der Waals surface area contributed by atoms with Crippen molar-refractivity contribution in [1.29, 1.82) is 0 Å². The van der Waals surface area contributed by atoms with Gasteiger partial charge in [0.25, 0.3) is 0 Å². The zero-order valence-corrected chi connectivity index (χ0v) is 14.0. The van der Waals surface area contributed by atoms with Gasteiger partial charge in [0.05, 0.1) is 6.61 Å². The van der Waals surface area contributed by atoms with E-state index < -0.39 is 16.4 Å². The third kappa shape index (κ3) is 15.3. The molecule has 0 saturated heterocycles. The largest absolute Gasteiger partial charge is 1.00 e. The van der Waals surface area contributed by atoms with Crippen LogP contribution in [0.25, 0.3) is 0 Å². The van der Waals surface area contributed by atoms with E-state index in [9.17, 15) is 13.2 Å². The second-order valence-corrected chi connectivity index (χ2v) is 3.45. The zero-order valence-electron chi connectivity index (χ0n) is 11.2. The summed E-state index contributed by atoms with van der Waals surface area (Å²) >= 11 is 0. The van der Waals surface area contributed by atoms with Gasteiger partial charge in [0, 0.05) is 13.5 Å². The van der Waals surface area contributed by atoms with Crippen molar-refractivity contribution in [3.05, 3.63) is 0 Å². The van der Waals surface area contributed by atoms with E-state index in [4.69, 9.17) is 5.11 Å². The molecule has 0 saturated carbocycles. The van der Waals surface area contributed by atoms with Crippen LogP contribution in [0.15, 0.2) is 0 Å². The molecule has 0 unspecified atom stereocenters. The van der Waals surface area contributed by atoms with E-state index in [0.717, 1.165) is 6.92 Å². The minimum atomic E-state index is -4.19. The minimum Gasteiger partial charge on any atom is -1.00 e. The molecule has 1 N–H and O–H groups in total. The predicted molar refractivity (Wildman–Crippen MR) is 45.2 cm³/mol. The molecule has 0 bridgehead atoms. The molecule has 15 heavy (non-hydrogen) atoms. The number of unbranched alkanes of at least 4 members (excludes halogenated alkanes) is 1. The molecule has 0 aromatic rings. The van der Waals surface area contributed by atoms with Crippen LogP contribution in [0.5, 0.6) is 0 Å². The molecule has 6 nitrogen and oxygen atoms in total.